The first-order valence-electron chi connectivity index (χ1n) is 11.8. The number of hydrogen-bond donors (Lipinski definition) is 0. The van der Waals surface area contributed by atoms with Crippen LogP contribution in [-0.4, -0.2) is 40.8 Å². The summed E-state index contributed by atoms with van der Waals surface area (Å²) in [4.78, 5) is 18.7. The molecule has 5 fully saturated rings. The summed E-state index contributed by atoms with van der Waals surface area (Å²) in [5.41, 5.74) is 1.15. The van der Waals surface area contributed by atoms with E-state index in [1.165, 1.54) is 24.8 Å². The fourth-order valence-electron chi connectivity index (χ4n) is 7.64. The third-order valence-electron chi connectivity index (χ3n) is 8.46. The summed E-state index contributed by atoms with van der Waals surface area (Å²) in [7, 11) is 0. The SMILES string of the molecule is O=C(ON1N=C(C23CC4CC(CC(C4)C2)C3)N2CC(c3ccccc3)CCC12)C(F)(F)F. The van der Waals surface area contributed by atoms with Gasteiger partial charge in [0.15, 0.2) is 6.17 Å². The van der Waals surface area contributed by atoms with Crippen molar-refractivity contribution >= 4 is 11.8 Å². The smallest absolute Gasteiger partial charge is 0.333 e. The van der Waals surface area contributed by atoms with Gasteiger partial charge in [-0.05, 0) is 74.7 Å². The molecule has 2 aliphatic heterocycles. The Hall–Kier alpha value is -2.25. The van der Waals surface area contributed by atoms with E-state index in [9.17, 15) is 18.0 Å². The van der Waals surface area contributed by atoms with Gasteiger partial charge in [-0.15, -0.1) is 5.10 Å². The molecule has 2 heterocycles. The minimum absolute atomic E-state index is 0.0923. The number of alkyl halides is 3. The van der Waals surface area contributed by atoms with E-state index in [2.05, 4.69) is 22.1 Å². The lowest BCUT2D eigenvalue weighted by atomic mass is 9.49. The summed E-state index contributed by atoms with van der Waals surface area (Å²) in [6, 6.07) is 10.3. The van der Waals surface area contributed by atoms with E-state index in [0.717, 1.165) is 36.7 Å². The van der Waals surface area contributed by atoms with Crippen molar-refractivity contribution in [1.29, 1.82) is 0 Å². The Kier molecular flexibility index (Phi) is 4.53. The molecule has 0 radical (unpaired) electrons. The van der Waals surface area contributed by atoms with Crippen LogP contribution in [0.5, 0.6) is 0 Å². The van der Waals surface area contributed by atoms with Crippen LogP contribution in [0.2, 0.25) is 0 Å². The van der Waals surface area contributed by atoms with Gasteiger partial charge >= 0.3 is 12.1 Å². The van der Waals surface area contributed by atoms with Gasteiger partial charge in [0.2, 0.25) is 0 Å². The van der Waals surface area contributed by atoms with Crippen LogP contribution >= 0.6 is 0 Å². The Bertz CT molecular complexity index is 897. The van der Waals surface area contributed by atoms with E-state index in [4.69, 9.17) is 4.84 Å². The molecule has 4 bridgehead atoms. The van der Waals surface area contributed by atoms with Crippen molar-refractivity contribution in [1.82, 2.24) is 10.1 Å². The molecule has 1 saturated heterocycles. The lowest BCUT2D eigenvalue weighted by molar-refractivity contribution is -0.251. The normalized spacial score (nSPS) is 38.0. The van der Waals surface area contributed by atoms with Gasteiger partial charge in [-0.3, -0.25) is 0 Å². The quantitative estimate of drug-likeness (QED) is 0.650. The molecule has 0 spiro atoms. The number of carbonyl (C=O) groups is 1. The van der Waals surface area contributed by atoms with Crippen LogP contribution in [0.4, 0.5) is 13.2 Å². The molecular weight excluding hydrogens is 419 g/mol. The summed E-state index contributed by atoms with van der Waals surface area (Å²) in [5, 5.41) is 5.61. The Morgan fingerprint density at radius 3 is 2.22 bits per heavy atom. The van der Waals surface area contributed by atoms with Gasteiger partial charge in [0, 0.05) is 17.9 Å². The monoisotopic (exact) mass is 447 g/mol. The molecule has 0 aromatic heterocycles. The highest BCUT2D eigenvalue weighted by Crippen LogP contribution is 2.61. The molecule has 1 aromatic carbocycles. The van der Waals surface area contributed by atoms with Crippen molar-refractivity contribution in [2.45, 2.75) is 69.6 Å². The fourth-order valence-corrected chi connectivity index (χ4v) is 7.64. The lowest BCUT2D eigenvalue weighted by Gasteiger charge is -2.57. The Balaban J connectivity index is 1.33. The number of amidine groups is 1. The van der Waals surface area contributed by atoms with Crippen molar-refractivity contribution in [3.63, 3.8) is 0 Å². The van der Waals surface area contributed by atoms with E-state index in [1.807, 2.05) is 18.2 Å². The Morgan fingerprint density at radius 1 is 1.00 bits per heavy atom. The maximum atomic E-state index is 13.0. The van der Waals surface area contributed by atoms with Gasteiger partial charge in [0.05, 0.1) is 0 Å². The third-order valence-corrected chi connectivity index (χ3v) is 8.46. The molecule has 0 N–H and O–H groups in total. The van der Waals surface area contributed by atoms with Gasteiger partial charge in [-0.1, -0.05) is 35.5 Å². The van der Waals surface area contributed by atoms with Crippen LogP contribution in [0.25, 0.3) is 0 Å². The topological polar surface area (TPSA) is 45.1 Å². The van der Waals surface area contributed by atoms with Crippen LogP contribution in [0.3, 0.4) is 0 Å². The summed E-state index contributed by atoms with van der Waals surface area (Å²) >= 11 is 0. The molecule has 0 amide bonds. The van der Waals surface area contributed by atoms with Crippen molar-refractivity contribution in [3.8, 4) is 0 Å². The van der Waals surface area contributed by atoms with Crippen LogP contribution in [0, 0.1) is 23.2 Å². The Labute approximate surface area is 185 Å². The number of hydrazone groups is 1. The van der Waals surface area contributed by atoms with Crippen molar-refractivity contribution in [3.05, 3.63) is 35.9 Å². The summed E-state index contributed by atoms with van der Waals surface area (Å²) < 4.78 is 38.9. The van der Waals surface area contributed by atoms with Gasteiger partial charge in [0.1, 0.15) is 5.84 Å². The molecular formula is C24H28F3N3O2. The highest BCUT2D eigenvalue weighted by atomic mass is 19.4. The summed E-state index contributed by atoms with van der Waals surface area (Å²) in [6.45, 7) is 0.690. The zero-order valence-corrected chi connectivity index (χ0v) is 17.9. The van der Waals surface area contributed by atoms with Gasteiger partial charge in [-0.2, -0.15) is 13.2 Å². The minimum atomic E-state index is -5.04. The van der Waals surface area contributed by atoms with E-state index in [0.29, 0.717) is 30.7 Å². The number of rotatable bonds is 3. The second-order valence-corrected chi connectivity index (χ2v) is 10.6. The van der Waals surface area contributed by atoms with Crippen LogP contribution in [0.15, 0.2) is 35.4 Å². The molecule has 172 valence electrons. The zero-order valence-electron chi connectivity index (χ0n) is 17.9. The minimum Gasteiger partial charge on any atom is -0.333 e. The number of piperidine rings is 1. The summed E-state index contributed by atoms with van der Waals surface area (Å²) in [6.07, 6.45) is 2.91. The molecule has 4 aliphatic carbocycles. The molecule has 4 saturated carbocycles. The molecule has 6 aliphatic rings. The standard InChI is InChI=1S/C24H28F3N3O2/c25-24(26,27)22(31)32-30-20-7-6-19(18-4-2-1-3-5-18)14-29(20)21(28-30)23-11-15-8-16(12-23)10-17(9-15)13-23/h1-5,15-17,19-20H,6-14H2. The lowest BCUT2D eigenvalue weighted by Crippen LogP contribution is -2.57. The average molecular weight is 448 g/mol. The largest absolute Gasteiger partial charge is 0.493 e. The zero-order chi connectivity index (χ0) is 22.1. The molecule has 1 aromatic rings. The van der Waals surface area contributed by atoms with E-state index in [1.54, 1.807) is 0 Å². The molecule has 32 heavy (non-hydrogen) atoms. The van der Waals surface area contributed by atoms with Gasteiger partial charge in [0.25, 0.3) is 0 Å². The van der Waals surface area contributed by atoms with Gasteiger partial charge < -0.3 is 9.74 Å². The number of benzene rings is 1. The second-order valence-electron chi connectivity index (χ2n) is 10.6. The maximum absolute atomic E-state index is 13.0. The van der Waals surface area contributed by atoms with Crippen molar-refractivity contribution in [2.75, 3.05) is 6.54 Å². The third kappa shape index (κ3) is 3.28. The highest BCUT2D eigenvalue weighted by molar-refractivity contribution is 5.90. The molecule has 7 rings (SSSR count). The van der Waals surface area contributed by atoms with Crippen LogP contribution in [0.1, 0.15) is 62.8 Å². The first-order chi connectivity index (χ1) is 15.3. The Morgan fingerprint density at radius 2 is 1.62 bits per heavy atom. The summed E-state index contributed by atoms with van der Waals surface area (Å²) in [5.74, 6) is 1.01. The van der Waals surface area contributed by atoms with E-state index in [-0.39, 0.29) is 11.3 Å². The number of hydroxylamine groups is 1. The molecule has 8 heteroatoms. The molecule has 5 nitrogen and oxygen atoms in total. The first-order valence-corrected chi connectivity index (χ1v) is 11.8. The van der Waals surface area contributed by atoms with E-state index >= 15 is 0 Å². The second kappa shape index (κ2) is 7.12. The number of nitrogens with zero attached hydrogens (tertiary/aromatic N) is 3. The van der Waals surface area contributed by atoms with Crippen LogP contribution < -0.4 is 0 Å². The van der Waals surface area contributed by atoms with Crippen molar-refractivity contribution < 1.29 is 22.8 Å². The average Bonchev–Trinajstić information content (AvgIpc) is 3.11. The predicted molar refractivity (Wildman–Crippen MR) is 111 cm³/mol. The number of carbonyl (C=O) groups excluding carboxylic acids is 1. The molecule has 2 unspecified atom stereocenters. The molecule has 2 atom stereocenters. The first kappa shape index (κ1) is 20.4. The van der Waals surface area contributed by atoms with Crippen molar-refractivity contribution in [2.24, 2.45) is 28.3 Å². The number of hydrogen-bond acceptors (Lipinski definition) is 5. The highest BCUT2D eigenvalue weighted by Gasteiger charge is 2.58. The van der Waals surface area contributed by atoms with E-state index < -0.39 is 18.3 Å². The maximum Gasteiger partial charge on any atom is 0.493 e. The number of fused-ring (bicyclic) bond motifs is 1. The van der Waals surface area contributed by atoms with Crippen LogP contribution in [-0.2, 0) is 9.63 Å². The fraction of sp³-hybridized carbons (Fsp3) is 0.667. The van der Waals surface area contributed by atoms with Gasteiger partial charge in [-0.25, -0.2) is 4.79 Å². The number of halogens is 3. The predicted octanol–water partition coefficient (Wildman–Crippen LogP) is 5.06.